The van der Waals surface area contributed by atoms with Crippen LogP contribution in [0.5, 0.6) is 0 Å². The third-order valence-corrected chi connectivity index (χ3v) is 3.42. The van der Waals surface area contributed by atoms with Crippen LogP contribution >= 0.6 is 0 Å². The maximum Gasteiger partial charge on any atom is 0.416 e. The van der Waals surface area contributed by atoms with Crippen molar-refractivity contribution < 1.29 is 27.4 Å². The third-order valence-electron chi connectivity index (χ3n) is 3.42. The van der Waals surface area contributed by atoms with E-state index in [9.17, 15) is 22.7 Å². The molecule has 1 N–H and O–H groups in total. The summed E-state index contributed by atoms with van der Waals surface area (Å²) in [6.07, 6.45) is -3.03. The Morgan fingerprint density at radius 3 is 2.65 bits per heavy atom. The Bertz CT molecular complexity index is 453. The molecule has 20 heavy (non-hydrogen) atoms. The van der Waals surface area contributed by atoms with Crippen molar-refractivity contribution in [2.75, 3.05) is 6.61 Å². The highest BCUT2D eigenvalue weighted by Crippen LogP contribution is 2.33. The van der Waals surface area contributed by atoms with Crippen molar-refractivity contribution in [3.8, 4) is 0 Å². The van der Waals surface area contributed by atoms with E-state index < -0.39 is 23.7 Å². The van der Waals surface area contributed by atoms with Crippen molar-refractivity contribution >= 4 is 0 Å². The second-order valence-corrected chi connectivity index (χ2v) is 5.00. The number of benzene rings is 1. The van der Waals surface area contributed by atoms with Gasteiger partial charge in [0.25, 0.3) is 0 Å². The highest BCUT2D eigenvalue weighted by Gasteiger charge is 2.32. The normalized spacial score (nSPS) is 21.1. The van der Waals surface area contributed by atoms with Crippen molar-refractivity contribution in [1.82, 2.24) is 0 Å². The van der Waals surface area contributed by atoms with Gasteiger partial charge in [0.15, 0.2) is 0 Å². The first kappa shape index (κ1) is 15.3. The van der Waals surface area contributed by atoms with Gasteiger partial charge in [-0.2, -0.15) is 13.2 Å². The van der Waals surface area contributed by atoms with Crippen molar-refractivity contribution in [1.29, 1.82) is 0 Å². The Kier molecular flexibility index (Phi) is 4.65. The number of alkyl halides is 3. The lowest BCUT2D eigenvalue weighted by Gasteiger charge is -2.16. The second-order valence-electron chi connectivity index (χ2n) is 5.00. The van der Waals surface area contributed by atoms with Crippen LogP contribution in [0, 0.1) is 5.82 Å². The molecule has 2 nitrogen and oxygen atoms in total. The number of ether oxygens (including phenoxy) is 1. The van der Waals surface area contributed by atoms with Gasteiger partial charge in [-0.15, -0.1) is 0 Å². The molecule has 1 saturated heterocycles. The fourth-order valence-electron chi connectivity index (χ4n) is 2.35. The van der Waals surface area contributed by atoms with Crippen LogP contribution in [-0.4, -0.2) is 17.8 Å². The molecule has 2 unspecified atom stereocenters. The first-order valence-electron chi connectivity index (χ1n) is 6.53. The lowest BCUT2D eigenvalue weighted by Crippen LogP contribution is -2.10. The minimum absolute atomic E-state index is 0.0419. The van der Waals surface area contributed by atoms with E-state index in [1.807, 2.05) is 0 Å². The summed E-state index contributed by atoms with van der Waals surface area (Å²) in [5.41, 5.74) is -1.13. The summed E-state index contributed by atoms with van der Waals surface area (Å²) < 4.78 is 56.3. The summed E-state index contributed by atoms with van der Waals surface area (Å²) in [5.74, 6) is -0.994. The number of rotatable bonds is 4. The molecule has 1 aromatic carbocycles. The van der Waals surface area contributed by atoms with Crippen LogP contribution in [0.3, 0.4) is 0 Å². The number of hydrogen-bond acceptors (Lipinski definition) is 2. The Hall–Kier alpha value is -1.14. The number of halogens is 4. The van der Waals surface area contributed by atoms with Gasteiger partial charge in [-0.1, -0.05) is 0 Å². The first-order chi connectivity index (χ1) is 9.36. The Morgan fingerprint density at radius 1 is 1.30 bits per heavy atom. The molecule has 0 bridgehead atoms. The van der Waals surface area contributed by atoms with Gasteiger partial charge >= 0.3 is 6.18 Å². The van der Waals surface area contributed by atoms with E-state index in [0.717, 1.165) is 25.0 Å². The van der Waals surface area contributed by atoms with E-state index in [1.54, 1.807) is 0 Å². The Morgan fingerprint density at radius 2 is 2.05 bits per heavy atom. The fraction of sp³-hybridized carbons (Fsp3) is 0.571. The molecule has 2 atom stereocenters. The van der Waals surface area contributed by atoms with Crippen molar-refractivity contribution in [2.24, 2.45) is 0 Å². The topological polar surface area (TPSA) is 29.5 Å². The summed E-state index contributed by atoms with van der Waals surface area (Å²) in [4.78, 5) is 0. The molecule has 0 saturated carbocycles. The summed E-state index contributed by atoms with van der Waals surface area (Å²) >= 11 is 0. The van der Waals surface area contributed by atoms with E-state index in [4.69, 9.17) is 4.74 Å². The quantitative estimate of drug-likeness (QED) is 0.854. The van der Waals surface area contributed by atoms with Crippen LogP contribution < -0.4 is 0 Å². The third kappa shape index (κ3) is 3.93. The number of hydrogen-bond donors (Lipinski definition) is 1. The van der Waals surface area contributed by atoms with Crippen molar-refractivity contribution in [3.63, 3.8) is 0 Å². The number of aliphatic hydroxyl groups excluding tert-OH is 1. The van der Waals surface area contributed by atoms with Crippen molar-refractivity contribution in [2.45, 2.75) is 44.1 Å². The largest absolute Gasteiger partial charge is 0.416 e. The zero-order valence-electron chi connectivity index (χ0n) is 10.8. The van der Waals surface area contributed by atoms with Crippen LogP contribution in [0.2, 0.25) is 0 Å². The zero-order chi connectivity index (χ0) is 14.8. The predicted molar refractivity (Wildman–Crippen MR) is 64.6 cm³/mol. The lowest BCUT2D eigenvalue weighted by molar-refractivity contribution is -0.137. The molecule has 112 valence electrons. The molecule has 0 amide bonds. The van der Waals surface area contributed by atoms with E-state index in [1.165, 1.54) is 0 Å². The lowest BCUT2D eigenvalue weighted by atomic mass is 9.99. The van der Waals surface area contributed by atoms with Gasteiger partial charge in [0.1, 0.15) is 5.82 Å². The van der Waals surface area contributed by atoms with Crippen LogP contribution in [0.25, 0.3) is 0 Å². The molecule has 1 aliphatic heterocycles. The van der Waals surface area contributed by atoms with Crippen LogP contribution in [0.4, 0.5) is 17.6 Å². The first-order valence-corrected chi connectivity index (χ1v) is 6.53. The second kappa shape index (κ2) is 6.10. The average molecular weight is 292 g/mol. The van der Waals surface area contributed by atoms with Crippen molar-refractivity contribution in [3.05, 3.63) is 35.1 Å². The molecular formula is C14H16F4O2. The van der Waals surface area contributed by atoms with Gasteiger partial charge in [0.2, 0.25) is 0 Å². The molecule has 1 heterocycles. The Balaban J connectivity index is 2.04. The monoisotopic (exact) mass is 292 g/mol. The maximum absolute atomic E-state index is 13.2. The van der Waals surface area contributed by atoms with E-state index in [0.29, 0.717) is 19.1 Å². The molecule has 0 radical (unpaired) electrons. The summed E-state index contributed by atoms with van der Waals surface area (Å²) in [5, 5.41) is 9.91. The van der Waals surface area contributed by atoms with Gasteiger partial charge in [-0.3, -0.25) is 0 Å². The van der Waals surface area contributed by atoms with Crippen LogP contribution in [0.15, 0.2) is 18.2 Å². The van der Waals surface area contributed by atoms with E-state index >= 15 is 0 Å². The van der Waals surface area contributed by atoms with Gasteiger partial charge in [-0.05, 0) is 49.4 Å². The minimum Gasteiger partial charge on any atom is -0.388 e. The summed E-state index contributed by atoms with van der Waals surface area (Å²) in [6.45, 7) is 0.680. The highest BCUT2D eigenvalue weighted by atomic mass is 19.4. The van der Waals surface area contributed by atoms with Gasteiger partial charge in [0, 0.05) is 6.61 Å². The van der Waals surface area contributed by atoms with Crippen LogP contribution in [0.1, 0.15) is 42.9 Å². The SMILES string of the molecule is OC(CCC1CCCO1)c1cc(F)cc(C(F)(F)F)c1. The minimum atomic E-state index is -4.62. The van der Waals surface area contributed by atoms with E-state index in [-0.39, 0.29) is 18.1 Å². The molecule has 0 aromatic heterocycles. The molecule has 1 fully saturated rings. The molecule has 0 aliphatic carbocycles. The maximum atomic E-state index is 13.2. The summed E-state index contributed by atoms with van der Waals surface area (Å²) in [7, 11) is 0. The molecule has 2 rings (SSSR count). The van der Waals surface area contributed by atoms with Gasteiger partial charge < -0.3 is 9.84 Å². The molecule has 1 aromatic rings. The predicted octanol–water partition coefficient (Wildman–Crippen LogP) is 3.84. The van der Waals surface area contributed by atoms with Gasteiger partial charge in [-0.25, -0.2) is 4.39 Å². The number of aliphatic hydroxyl groups is 1. The standard InChI is InChI=1S/C14H16F4O2/c15-11-7-9(6-10(8-11)14(16,17)18)13(19)4-3-12-2-1-5-20-12/h6-8,12-13,19H,1-5H2. The molecule has 6 heteroatoms. The van der Waals surface area contributed by atoms with E-state index in [2.05, 4.69) is 0 Å². The molecule has 0 spiro atoms. The molecular weight excluding hydrogens is 276 g/mol. The molecule has 1 aliphatic rings. The highest BCUT2D eigenvalue weighted by molar-refractivity contribution is 5.28. The average Bonchev–Trinajstić information content (AvgIpc) is 2.87. The van der Waals surface area contributed by atoms with Gasteiger partial charge in [0.05, 0.1) is 17.8 Å². The zero-order valence-corrected chi connectivity index (χ0v) is 10.8. The summed E-state index contributed by atoms with van der Waals surface area (Å²) in [6, 6.07) is 2.16. The smallest absolute Gasteiger partial charge is 0.388 e. The fourth-order valence-corrected chi connectivity index (χ4v) is 2.35. The Labute approximate surface area is 114 Å². The van der Waals surface area contributed by atoms with Crippen LogP contribution in [-0.2, 0) is 10.9 Å².